The number of hydrogen-bond donors (Lipinski definition) is 2. The zero-order chi connectivity index (χ0) is 16.5. The first-order valence-electron chi connectivity index (χ1n) is 7.82. The van der Waals surface area contributed by atoms with Crippen LogP contribution in [-0.2, 0) is 0 Å². The highest BCUT2D eigenvalue weighted by molar-refractivity contribution is 7.14. The summed E-state index contributed by atoms with van der Waals surface area (Å²) in [6.07, 6.45) is 1.98. The molecule has 4 rings (SSSR count). The number of nitrogens with one attached hydrogen (secondary N) is 2. The van der Waals surface area contributed by atoms with E-state index in [0.717, 1.165) is 28.2 Å². The van der Waals surface area contributed by atoms with Crippen molar-refractivity contribution < 1.29 is 4.74 Å². The fourth-order valence-corrected chi connectivity index (χ4v) is 3.84. The van der Waals surface area contributed by atoms with Crippen molar-refractivity contribution in [3.05, 3.63) is 65.7 Å². The zero-order valence-electron chi connectivity index (χ0n) is 13.6. The van der Waals surface area contributed by atoms with Crippen LogP contribution in [0.4, 0.5) is 11.4 Å². The third-order valence-corrected chi connectivity index (χ3v) is 5.22. The second-order valence-corrected chi connectivity index (χ2v) is 6.61. The lowest BCUT2D eigenvalue weighted by Gasteiger charge is -2.09. The summed E-state index contributed by atoms with van der Waals surface area (Å²) in [4.78, 5) is 4.44. The van der Waals surface area contributed by atoms with Crippen LogP contribution in [0.1, 0.15) is 5.56 Å². The number of H-pyrrole nitrogens is 1. The van der Waals surface area contributed by atoms with Gasteiger partial charge in [0.2, 0.25) is 0 Å². The van der Waals surface area contributed by atoms with Gasteiger partial charge < -0.3 is 15.0 Å². The minimum absolute atomic E-state index is 0.899. The normalized spacial score (nSPS) is 10.9. The monoisotopic (exact) mass is 334 g/mol. The SMILES string of the molecule is COc1ccccc1-c1cc(Nc2ccc3[nH]ccc3c2C)cs1. The van der Waals surface area contributed by atoms with E-state index < -0.39 is 0 Å². The van der Waals surface area contributed by atoms with Crippen LogP contribution in [0.5, 0.6) is 5.75 Å². The number of aromatic amines is 1. The lowest BCUT2D eigenvalue weighted by atomic mass is 10.1. The van der Waals surface area contributed by atoms with E-state index in [2.05, 4.69) is 52.9 Å². The number of para-hydroxylation sites is 1. The molecule has 0 bridgehead atoms. The molecule has 2 aromatic carbocycles. The Labute approximate surface area is 144 Å². The largest absolute Gasteiger partial charge is 0.496 e. The molecule has 4 aromatic rings. The van der Waals surface area contributed by atoms with Crippen molar-refractivity contribution in [2.75, 3.05) is 12.4 Å². The summed E-state index contributed by atoms with van der Waals surface area (Å²) < 4.78 is 5.47. The Balaban J connectivity index is 1.66. The molecule has 2 heterocycles. The van der Waals surface area contributed by atoms with Crippen molar-refractivity contribution in [1.29, 1.82) is 0 Å². The van der Waals surface area contributed by atoms with Crippen LogP contribution in [0, 0.1) is 6.92 Å². The average molecular weight is 334 g/mol. The van der Waals surface area contributed by atoms with Crippen LogP contribution in [0.3, 0.4) is 0 Å². The maximum atomic E-state index is 5.47. The number of methoxy groups -OCH3 is 1. The van der Waals surface area contributed by atoms with Crippen molar-refractivity contribution in [3.63, 3.8) is 0 Å². The molecule has 0 radical (unpaired) electrons. The molecule has 0 amide bonds. The summed E-state index contributed by atoms with van der Waals surface area (Å²) in [7, 11) is 1.71. The molecule has 0 unspecified atom stereocenters. The molecule has 0 saturated heterocycles. The zero-order valence-corrected chi connectivity index (χ0v) is 14.4. The van der Waals surface area contributed by atoms with Gasteiger partial charge in [-0.25, -0.2) is 0 Å². The van der Waals surface area contributed by atoms with E-state index in [0.29, 0.717) is 0 Å². The van der Waals surface area contributed by atoms with Crippen LogP contribution < -0.4 is 10.1 Å². The number of thiophene rings is 1. The number of benzene rings is 2. The van der Waals surface area contributed by atoms with Gasteiger partial charge in [0.05, 0.1) is 7.11 Å². The highest BCUT2D eigenvalue weighted by atomic mass is 32.1. The first-order chi connectivity index (χ1) is 11.8. The quantitative estimate of drug-likeness (QED) is 0.483. The molecule has 2 aromatic heterocycles. The van der Waals surface area contributed by atoms with E-state index in [1.54, 1.807) is 18.4 Å². The molecule has 0 aliphatic heterocycles. The van der Waals surface area contributed by atoms with Crippen LogP contribution in [0.25, 0.3) is 21.3 Å². The summed E-state index contributed by atoms with van der Waals surface area (Å²) in [5, 5.41) is 6.93. The predicted octanol–water partition coefficient (Wildman–Crippen LogP) is 5.96. The second-order valence-electron chi connectivity index (χ2n) is 5.70. The van der Waals surface area contributed by atoms with Crippen molar-refractivity contribution >= 4 is 33.6 Å². The van der Waals surface area contributed by atoms with E-state index in [1.807, 2.05) is 24.4 Å². The van der Waals surface area contributed by atoms with Gasteiger partial charge in [-0.05, 0) is 48.9 Å². The number of anilines is 2. The summed E-state index contributed by atoms with van der Waals surface area (Å²) in [6.45, 7) is 2.14. The maximum Gasteiger partial charge on any atom is 0.127 e. The third-order valence-electron chi connectivity index (χ3n) is 4.25. The molecule has 0 spiro atoms. The van der Waals surface area contributed by atoms with Gasteiger partial charge in [-0.2, -0.15) is 0 Å². The molecule has 0 aliphatic rings. The van der Waals surface area contributed by atoms with E-state index in [-0.39, 0.29) is 0 Å². The number of fused-ring (bicyclic) bond motifs is 1. The first-order valence-corrected chi connectivity index (χ1v) is 8.70. The molecule has 0 saturated carbocycles. The van der Waals surface area contributed by atoms with Gasteiger partial charge >= 0.3 is 0 Å². The van der Waals surface area contributed by atoms with Gasteiger partial charge in [0.25, 0.3) is 0 Å². The smallest absolute Gasteiger partial charge is 0.127 e. The van der Waals surface area contributed by atoms with E-state index in [9.17, 15) is 0 Å². The van der Waals surface area contributed by atoms with Gasteiger partial charge in [-0.1, -0.05) is 12.1 Å². The minimum Gasteiger partial charge on any atom is -0.496 e. The van der Waals surface area contributed by atoms with Crippen LogP contribution in [0.2, 0.25) is 0 Å². The number of hydrogen-bond acceptors (Lipinski definition) is 3. The Morgan fingerprint density at radius 1 is 1.08 bits per heavy atom. The van der Waals surface area contributed by atoms with Crippen LogP contribution >= 0.6 is 11.3 Å². The number of ether oxygens (including phenoxy) is 1. The predicted molar refractivity (Wildman–Crippen MR) is 103 cm³/mol. The molecule has 0 aliphatic carbocycles. The summed E-state index contributed by atoms with van der Waals surface area (Å²) in [5.41, 5.74) is 5.76. The Kier molecular flexibility index (Phi) is 3.75. The summed E-state index contributed by atoms with van der Waals surface area (Å²) >= 11 is 1.71. The molecule has 120 valence electrons. The molecule has 4 heteroatoms. The van der Waals surface area contributed by atoms with Gasteiger partial charge in [0.15, 0.2) is 0 Å². The molecule has 24 heavy (non-hydrogen) atoms. The molecule has 3 nitrogen and oxygen atoms in total. The van der Waals surface area contributed by atoms with E-state index in [4.69, 9.17) is 4.74 Å². The maximum absolute atomic E-state index is 5.47. The van der Waals surface area contributed by atoms with Crippen molar-refractivity contribution in [2.45, 2.75) is 6.92 Å². The number of aromatic nitrogens is 1. The standard InChI is InChI=1S/C20H18N2OS/c1-13-15-9-10-21-18(15)8-7-17(13)22-14-11-20(24-12-14)16-5-3-4-6-19(16)23-2/h3-12,21-22H,1-2H3. The van der Waals surface area contributed by atoms with Crippen LogP contribution in [0.15, 0.2) is 60.1 Å². The highest BCUT2D eigenvalue weighted by Gasteiger charge is 2.09. The van der Waals surface area contributed by atoms with Gasteiger partial charge in [0.1, 0.15) is 5.75 Å². The lowest BCUT2D eigenvalue weighted by Crippen LogP contribution is -1.91. The van der Waals surface area contributed by atoms with Gasteiger partial charge in [-0.3, -0.25) is 0 Å². The highest BCUT2D eigenvalue weighted by Crippen LogP contribution is 2.37. The average Bonchev–Trinajstić information content (AvgIpc) is 3.27. The Morgan fingerprint density at radius 3 is 2.83 bits per heavy atom. The lowest BCUT2D eigenvalue weighted by molar-refractivity contribution is 0.416. The topological polar surface area (TPSA) is 37.0 Å². The minimum atomic E-state index is 0.899. The fraction of sp³-hybridized carbons (Fsp3) is 0.100. The molecule has 0 fully saturated rings. The Hall–Kier alpha value is -2.72. The molecule has 0 atom stereocenters. The summed E-state index contributed by atoms with van der Waals surface area (Å²) in [5.74, 6) is 0.899. The summed E-state index contributed by atoms with van der Waals surface area (Å²) in [6, 6.07) is 16.6. The number of rotatable bonds is 4. The first kappa shape index (κ1) is 14.8. The third kappa shape index (κ3) is 2.55. The van der Waals surface area contributed by atoms with Crippen molar-refractivity contribution in [1.82, 2.24) is 4.98 Å². The van der Waals surface area contributed by atoms with E-state index >= 15 is 0 Å². The van der Waals surface area contributed by atoms with Crippen LogP contribution in [-0.4, -0.2) is 12.1 Å². The van der Waals surface area contributed by atoms with Gasteiger partial charge in [0, 0.05) is 44.3 Å². The van der Waals surface area contributed by atoms with Gasteiger partial charge in [-0.15, -0.1) is 11.3 Å². The molecular formula is C20H18N2OS. The van der Waals surface area contributed by atoms with Crippen molar-refractivity contribution in [3.8, 4) is 16.2 Å². The second kappa shape index (κ2) is 6.06. The number of aryl methyl sites for hydroxylation is 1. The van der Waals surface area contributed by atoms with E-state index in [1.165, 1.54) is 15.8 Å². The fourth-order valence-electron chi connectivity index (χ4n) is 2.97. The molecular weight excluding hydrogens is 316 g/mol. The Bertz CT molecular complexity index is 1000. The van der Waals surface area contributed by atoms with Crippen molar-refractivity contribution in [2.24, 2.45) is 0 Å². The molecule has 2 N–H and O–H groups in total. The Morgan fingerprint density at radius 2 is 1.96 bits per heavy atom.